The first-order valence-electron chi connectivity index (χ1n) is 11.5. The summed E-state index contributed by atoms with van der Waals surface area (Å²) in [5.74, 6) is 0.202. The van der Waals surface area contributed by atoms with Gasteiger partial charge in [0.05, 0.1) is 25.8 Å². The van der Waals surface area contributed by atoms with E-state index in [0.717, 1.165) is 45.6 Å². The van der Waals surface area contributed by atoms with Crippen molar-refractivity contribution in [1.29, 1.82) is 0 Å². The van der Waals surface area contributed by atoms with Crippen molar-refractivity contribution < 1.29 is 9.53 Å². The van der Waals surface area contributed by atoms with E-state index in [1.54, 1.807) is 0 Å². The molecule has 2 atom stereocenters. The first-order chi connectivity index (χ1) is 14.1. The Hall–Kier alpha value is -1.43. The summed E-state index contributed by atoms with van der Waals surface area (Å²) in [6.07, 6.45) is 8.37. The van der Waals surface area contributed by atoms with Gasteiger partial charge in [0.2, 0.25) is 5.91 Å². The minimum absolute atomic E-state index is 0.181. The van der Waals surface area contributed by atoms with E-state index < -0.39 is 0 Å². The molecule has 4 rings (SSSR count). The van der Waals surface area contributed by atoms with Gasteiger partial charge < -0.3 is 15.0 Å². The summed E-state index contributed by atoms with van der Waals surface area (Å²) in [6, 6.07) is 9.14. The summed E-state index contributed by atoms with van der Waals surface area (Å²) in [5, 5.41) is 3.63. The number of morpholine rings is 1. The lowest BCUT2D eigenvalue weighted by Gasteiger charge is -2.47. The summed E-state index contributed by atoms with van der Waals surface area (Å²) in [6.45, 7) is 6.39. The molecule has 0 bridgehead atoms. The molecule has 1 N–H and O–H groups in total. The zero-order valence-electron chi connectivity index (χ0n) is 18.2. The number of fused-ring (bicyclic) bond motifs is 1. The van der Waals surface area contributed by atoms with Gasteiger partial charge in [-0.2, -0.15) is 0 Å². The van der Waals surface area contributed by atoms with Crippen LogP contribution < -0.4 is 5.32 Å². The molecule has 1 aromatic carbocycles. The Balaban J connectivity index is 1.38. The average molecular weight is 400 g/mol. The van der Waals surface area contributed by atoms with Crippen LogP contribution in [0, 0.1) is 0 Å². The van der Waals surface area contributed by atoms with E-state index in [4.69, 9.17) is 4.74 Å². The van der Waals surface area contributed by atoms with E-state index in [-0.39, 0.29) is 17.5 Å². The molecular weight excluding hydrogens is 362 g/mol. The third-order valence-electron chi connectivity index (χ3n) is 7.67. The Kier molecular flexibility index (Phi) is 6.57. The van der Waals surface area contributed by atoms with Crippen LogP contribution in [0.1, 0.15) is 62.6 Å². The van der Waals surface area contributed by atoms with Gasteiger partial charge in [0.15, 0.2) is 0 Å². The third kappa shape index (κ3) is 4.23. The first kappa shape index (κ1) is 20.8. The van der Waals surface area contributed by atoms with Crippen molar-refractivity contribution in [3.05, 3.63) is 35.4 Å². The van der Waals surface area contributed by atoms with Gasteiger partial charge in [-0.15, -0.1) is 0 Å². The number of hydrogen-bond donors (Lipinski definition) is 1. The highest BCUT2D eigenvalue weighted by atomic mass is 16.5. The molecule has 1 saturated carbocycles. The van der Waals surface area contributed by atoms with Crippen molar-refractivity contribution in [3.63, 3.8) is 0 Å². The second kappa shape index (κ2) is 9.15. The van der Waals surface area contributed by atoms with Crippen LogP contribution in [-0.4, -0.2) is 67.2 Å². The molecular formula is C24H37N3O2. The van der Waals surface area contributed by atoms with Crippen LogP contribution in [0.25, 0.3) is 0 Å². The first-order valence-corrected chi connectivity index (χ1v) is 11.5. The highest BCUT2D eigenvalue weighted by Gasteiger charge is 2.44. The Bertz CT molecular complexity index is 695. The second-order valence-electron chi connectivity index (χ2n) is 9.12. The monoisotopic (exact) mass is 399 g/mol. The highest BCUT2D eigenvalue weighted by Crippen LogP contribution is 2.39. The van der Waals surface area contributed by atoms with Crippen LogP contribution in [0.3, 0.4) is 0 Å². The van der Waals surface area contributed by atoms with Crippen LogP contribution in [0.5, 0.6) is 0 Å². The number of nitrogens with zero attached hydrogens (tertiary/aromatic N) is 2. The summed E-state index contributed by atoms with van der Waals surface area (Å²) in [4.78, 5) is 17.7. The zero-order valence-corrected chi connectivity index (χ0v) is 18.2. The summed E-state index contributed by atoms with van der Waals surface area (Å²) >= 11 is 0. The van der Waals surface area contributed by atoms with Crippen LogP contribution in [-0.2, 0) is 16.0 Å². The number of ether oxygens (including phenoxy) is 1. The number of nitrogens with one attached hydrogen (secondary N) is 1. The SMILES string of the molecule is C[C@H](NCC(=O)N(C)[C@H]1CCCc2ccccc21)C1(N2CCOCC2)CCCC1. The number of carbonyl (C=O) groups excluding carboxylic acids is 1. The van der Waals surface area contributed by atoms with Crippen molar-refractivity contribution in [1.82, 2.24) is 15.1 Å². The fraction of sp³-hybridized carbons (Fsp3) is 0.708. The number of aryl methyl sites for hydroxylation is 1. The summed E-state index contributed by atoms with van der Waals surface area (Å²) in [7, 11) is 1.98. The molecule has 0 unspecified atom stereocenters. The van der Waals surface area contributed by atoms with E-state index in [9.17, 15) is 4.79 Å². The van der Waals surface area contributed by atoms with Crippen LogP contribution in [0.15, 0.2) is 24.3 Å². The van der Waals surface area contributed by atoms with Gasteiger partial charge in [-0.25, -0.2) is 0 Å². The molecule has 2 aliphatic carbocycles. The number of hydrogen-bond acceptors (Lipinski definition) is 4. The van der Waals surface area contributed by atoms with Crippen molar-refractivity contribution in [3.8, 4) is 0 Å². The Labute approximate surface area is 175 Å². The molecule has 3 aliphatic rings. The maximum absolute atomic E-state index is 13.1. The lowest BCUT2D eigenvalue weighted by Crippen LogP contribution is -2.62. The summed E-state index contributed by atoms with van der Waals surface area (Å²) < 4.78 is 5.59. The lowest BCUT2D eigenvalue weighted by molar-refractivity contribution is -0.131. The largest absolute Gasteiger partial charge is 0.379 e. The molecule has 0 spiro atoms. The molecule has 1 amide bonds. The molecule has 5 nitrogen and oxygen atoms in total. The maximum Gasteiger partial charge on any atom is 0.236 e. The second-order valence-corrected chi connectivity index (χ2v) is 9.12. The quantitative estimate of drug-likeness (QED) is 0.798. The van der Waals surface area contributed by atoms with Gasteiger partial charge in [-0.3, -0.25) is 9.69 Å². The van der Waals surface area contributed by atoms with Crippen LogP contribution in [0.2, 0.25) is 0 Å². The molecule has 5 heteroatoms. The predicted octanol–water partition coefficient (Wildman–Crippen LogP) is 3.15. The van der Waals surface area contributed by atoms with Crippen molar-refractivity contribution in [2.24, 2.45) is 0 Å². The average Bonchev–Trinajstić information content (AvgIpc) is 3.28. The molecule has 29 heavy (non-hydrogen) atoms. The fourth-order valence-electron chi connectivity index (χ4n) is 5.88. The van der Waals surface area contributed by atoms with Crippen LogP contribution >= 0.6 is 0 Å². The van der Waals surface area contributed by atoms with Gasteiger partial charge >= 0.3 is 0 Å². The predicted molar refractivity (Wildman–Crippen MR) is 116 cm³/mol. The minimum atomic E-state index is 0.181. The Morgan fingerprint density at radius 1 is 1.24 bits per heavy atom. The van der Waals surface area contributed by atoms with Gasteiger partial charge in [0.1, 0.15) is 0 Å². The molecule has 1 heterocycles. The number of likely N-dealkylation sites (N-methyl/N-ethyl adjacent to an activating group) is 1. The lowest BCUT2D eigenvalue weighted by atomic mass is 9.86. The molecule has 0 radical (unpaired) electrons. The summed E-state index contributed by atoms with van der Waals surface area (Å²) in [5.41, 5.74) is 2.92. The van der Waals surface area contributed by atoms with Gasteiger partial charge in [0, 0.05) is 31.7 Å². The van der Waals surface area contributed by atoms with Crippen molar-refractivity contribution in [2.45, 2.75) is 69.5 Å². The Morgan fingerprint density at radius 2 is 1.97 bits per heavy atom. The van der Waals surface area contributed by atoms with Gasteiger partial charge in [-0.1, -0.05) is 37.1 Å². The smallest absolute Gasteiger partial charge is 0.236 e. The molecule has 1 aliphatic heterocycles. The van der Waals surface area contributed by atoms with E-state index in [1.165, 1.54) is 36.8 Å². The fourth-order valence-corrected chi connectivity index (χ4v) is 5.88. The zero-order chi connectivity index (χ0) is 20.3. The van der Waals surface area contributed by atoms with Crippen LogP contribution in [0.4, 0.5) is 0 Å². The molecule has 1 saturated heterocycles. The maximum atomic E-state index is 13.1. The van der Waals surface area contributed by atoms with Gasteiger partial charge in [-0.05, 0) is 50.2 Å². The number of carbonyl (C=O) groups is 1. The van der Waals surface area contributed by atoms with Gasteiger partial charge in [0.25, 0.3) is 0 Å². The topological polar surface area (TPSA) is 44.8 Å². The third-order valence-corrected chi connectivity index (χ3v) is 7.67. The van der Waals surface area contributed by atoms with E-state index >= 15 is 0 Å². The molecule has 1 aromatic rings. The van der Waals surface area contributed by atoms with E-state index in [1.807, 2.05) is 11.9 Å². The van der Waals surface area contributed by atoms with Crippen molar-refractivity contribution in [2.75, 3.05) is 39.9 Å². The van der Waals surface area contributed by atoms with E-state index in [0.29, 0.717) is 12.6 Å². The van der Waals surface area contributed by atoms with Crippen molar-refractivity contribution >= 4 is 5.91 Å². The van der Waals surface area contributed by atoms with E-state index in [2.05, 4.69) is 41.4 Å². The number of amides is 1. The normalized spacial score (nSPS) is 25.4. The number of benzene rings is 1. The molecule has 160 valence electrons. The minimum Gasteiger partial charge on any atom is -0.379 e. The standard InChI is InChI=1S/C24H37N3O2/c1-19(24(12-5-6-13-24)27-14-16-29-17-15-27)25-18-23(28)26(2)22-11-7-9-20-8-3-4-10-21(20)22/h3-4,8,10,19,22,25H,5-7,9,11-18H2,1-2H3/t19-,22-/m0/s1. The Morgan fingerprint density at radius 3 is 2.72 bits per heavy atom. The highest BCUT2D eigenvalue weighted by molar-refractivity contribution is 5.78. The molecule has 0 aromatic heterocycles. The number of rotatable bonds is 6. The molecule has 2 fully saturated rings.